The van der Waals surface area contributed by atoms with Crippen LogP contribution in [-0.2, 0) is 20.9 Å². The van der Waals surface area contributed by atoms with Gasteiger partial charge >= 0.3 is 0 Å². The third-order valence-electron chi connectivity index (χ3n) is 7.50. The number of ether oxygens (including phenoxy) is 3. The summed E-state index contributed by atoms with van der Waals surface area (Å²) in [5.41, 5.74) is 2.53. The second-order valence-corrected chi connectivity index (χ2v) is 13.6. The number of hydrogen-bond donors (Lipinski definition) is 0. The molecule has 0 unspecified atom stereocenters. The maximum Gasteiger partial charge on any atom is 0.174 e. The van der Waals surface area contributed by atoms with E-state index in [1.807, 2.05) is 36.4 Å². The van der Waals surface area contributed by atoms with Crippen LogP contribution in [0.5, 0.6) is 11.5 Å². The summed E-state index contributed by atoms with van der Waals surface area (Å²) in [6.07, 6.45) is 2.15. The SMILES string of the molecule is COc1cc(C2C3=C(CC(C)(C)CC3=O)OC3=C2C(=O)CC(C)(C)C3)cc(I)c1OCc1ccccc1Cl. The lowest BCUT2D eigenvalue weighted by atomic mass is 9.65. The highest BCUT2D eigenvalue weighted by Gasteiger charge is 2.48. The summed E-state index contributed by atoms with van der Waals surface area (Å²) < 4.78 is 19.2. The van der Waals surface area contributed by atoms with Gasteiger partial charge in [-0.1, -0.05) is 57.5 Å². The van der Waals surface area contributed by atoms with Gasteiger partial charge in [-0.2, -0.15) is 0 Å². The Balaban J connectivity index is 1.60. The van der Waals surface area contributed by atoms with Crippen molar-refractivity contribution in [3.63, 3.8) is 0 Å². The Kier molecular flexibility index (Phi) is 7.18. The Morgan fingerprint density at radius 1 is 0.947 bits per heavy atom. The Morgan fingerprint density at radius 2 is 1.53 bits per heavy atom. The Bertz CT molecular complexity index is 1350. The van der Waals surface area contributed by atoms with Crippen molar-refractivity contribution >= 4 is 45.8 Å². The Morgan fingerprint density at radius 3 is 2.08 bits per heavy atom. The van der Waals surface area contributed by atoms with Crippen LogP contribution in [0.3, 0.4) is 0 Å². The molecule has 0 aromatic heterocycles. The van der Waals surface area contributed by atoms with Crippen LogP contribution in [-0.4, -0.2) is 18.7 Å². The number of allylic oxidation sites excluding steroid dienone is 4. The molecule has 3 aliphatic rings. The van der Waals surface area contributed by atoms with Gasteiger partial charge in [0.05, 0.1) is 10.7 Å². The van der Waals surface area contributed by atoms with Gasteiger partial charge in [-0.3, -0.25) is 9.59 Å². The lowest BCUT2D eigenvalue weighted by Crippen LogP contribution is -2.37. The summed E-state index contributed by atoms with van der Waals surface area (Å²) in [6.45, 7) is 8.64. The first kappa shape index (κ1) is 27.3. The predicted molar refractivity (Wildman–Crippen MR) is 155 cm³/mol. The fourth-order valence-electron chi connectivity index (χ4n) is 5.82. The first-order valence-corrected chi connectivity index (χ1v) is 14.3. The van der Waals surface area contributed by atoms with E-state index < -0.39 is 5.92 Å². The molecular formula is C31H32ClIO5. The van der Waals surface area contributed by atoms with E-state index in [4.69, 9.17) is 25.8 Å². The summed E-state index contributed by atoms with van der Waals surface area (Å²) in [5.74, 6) is 2.14. The molecule has 1 heterocycles. The lowest BCUT2D eigenvalue weighted by Gasteiger charge is -2.42. The molecule has 2 aliphatic carbocycles. The summed E-state index contributed by atoms with van der Waals surface area (Å²) in [6, 6.07) is 11.4. The number of rotatable bonds is 5. The van der Waals surface area contributed by atoms with E-state index in [9.17, 15) is 9.59 Å². The molecule has 2 aromatic carbocycles. The minimum absolute atomic E-state index is 0.0402. The summed E-state index contributed by atoms with van der Waals surface area (Å²) in [5, 5.41) is 0.636. The fourth-order valence-corrected chi connectivity index (χ4v) is 6.79. The van der Waals surface area contributed by atoms with Gasteiger partial charge in [-0.25, -0.2) is 0 Å². The van der Waals surface area contributed by atoms with Crippen molar-refractivity contribution in [2.45, 2.75) is 65.9 Å². The molecule has 200 valence electrons. The van der Waals surface area contributed by atoms with E-state index in [-0.39, 0.29) is 29.0 Å². The number of ketones is 2. The van der Waals surface area contributed by atoms with Gasteiger partial charge < -0.3 is 14.2 Å². The van der Waals surface area contributed by atoms with Crippen molar-refractivity contribution in [3.8, 4) is 11.5 Å². The van der Waals surface area contributed by atoms with E-state index in [1.54, 1.807) is 7.11 Å². The molecule has 1 aliphatic heterocycles. The number of Topliss-reactive ketones (excluding diaryl/α,β-unsaturated/α-hetero) is 2. The van der Waals surface area contributed by atoms with Crippen molar-refractivity contribution in [2.75, 3.05) is 7.11 Å². The minimum Gasteiger partial charge on any atom is -0.493 e. The van der Waals surface area contributed by atoms with Gasteiger partial charge in [-0.15, -0.1) is 0 Å². The maximum atomic E-state index is 13.6. The molecule has 5 nitrogen and oxygen atoms in total. The van der Waals surface area contributed by atoms with Crippen LogP contribution in [0.15, 0.2) is 59.1 Å². The highest BCUT2D eigenvalue weighted by molar-refractivity contribution is 14.1. The number of methoxy groups -OCH3 is 1. The molecule has 0 bridgehead atoms. The Labute approximate surface area is 242 Å². The highest BCUT2D eigenvalue weighted by Crippen LogP contribution is 2.54. The van der Waals surface area contributed by atoms with Crippen LogP contribution in [0.2, 0.25) is 5.02 Å². The quantitative estimate of drug-likeness (QED) is 0.309. The van der Waals surface area contributed by atoms with Crippen molar-refractivity contribution in [2.24, 2.45) is 10.8 Å². The van der Waals surface area contributed by atoms with Crippen molar-refractivity contribution in [3.05, 3.63) is 78.8 Å². The van der Waals surface area contributed by atoms with Crippen LogP contribution in [0.25, 0.3) is 0 Å². The van der Waals surface area contributed by atoms with Gasteiger partial charge in [0.2, 0.25) is 0 Å². The molecule has 7 heteroatoms. The van der Waals surface area contributed by atoms with Crippen LogP contribution < -0.4 is 9.47 Å². The molecule has 0 saturated heterocycles. The van der Waals surface area contributed by atoms with Crippen molar-refractivity contribution < 1.29 is 23.8 Å². The molecule has 0 fully saturated rings. The van der Waals surface area contributed by atoms with Gasteiger partial charge in [-0.05, 0) is 57.2 Å². The van der Waals surface area contributed by atoms with Gasteiger partial charge in [0.15, 0.2) is 23.1 Å². The highest BCUT2D eigenvalue weighted by atomic mass is 127. The molecule has 38 heavy (non-hydrogen) atoms. The van der Waals surface area contributed by atoms with Crippen molar-refractivity contribution in [1.29, 1.82) is 0 Å². The molecule has 0 amide bonds. The normalized spacial score (nSPS) is 20.6. The molecule has 0 spiro atoms. The smallest absolute Gasteiger partial charge is 0.174 e. The van der Waals surface area contributed by atoms with Gasteiger partial charge in [0, 0.05) is 53.3 Å². The van der Waals surface area contributed by atoms with Crippen LogP contribution >= 0.6 is 34.2 Å². The number of carbonyl (C=O) groups excluding carboxylic acids is 2. The maximum absolute atomic E-state index is 13.6. The number of halogens is 2. The number of hydrogen-bond acceptors (Lipinski definition) is 5. The van der Waals surface area contributed by atoms with E-state index in [1.165, 1.54) is 0 Å². The van der Waals surface area contributed by atoms with E-state index >= 15 is 0 Å². The summed E-state index contributed by atoms with van der Waals surface area (Å²) >= 11 is 8.56. The number of benzene rings is 2. The Hall–Kier alpha value is -2.32. The largest absolute Gasteiger partial charge is 0.493 e. The average Bonchev–Trinajstić information content (AvgIpc) is 2.80. The molecule has 0 N–H and O–H groups in total. The molecule has 2 aromatic rings. The topological polar surface area (TPSA) is 61.8 Å². The monoisotopic (exact) mass is 646 g/mol. The molecule has 0 radical (unpaired) electrons. The molecular weight excluding hydrogens is 615 g/mol. The van der Waals surface area contributed by atoms with Gasteiger partial charge in [0.1, 0.15) is 18.1 Å². The van der Waals surface area contributed by atoms with Gasteiger partial charge in [0.25, 0.3) is 0 Å². The lowest BCUT2D eigenvalue weighted by molar-refractivity contribution is -0.120. The second kappa shape index (κ2) is 10.0. The zero-order valence-electron chi connectivity index (χ0n) is 22.4. The molecule has 0 saturated carbocycles. The van der Waals surface area contributed by atoms with E-state index in [2.05, 4.69) is 50.3 Å². The first-order chi connectivity index (χ1) is 17.9. The van der Waals surface area contributed by atoms with E-state index in [0.717, 1.165) is 14.7 Å². The fraction of sp³-hybridized carbons (Fsp3) is 0.419. The van der Waals surface area contributed by atoms with Crippen LogP contribution in [0.1, 0.15) is 70.4 Å². The third kappa shape index (κ3) is 5.14. The standard InChI is InChI=1S/C31H32ClIO5/c1-30(2)12-21(34)27-24(14-30)38-25-15-31(3,4)13-22(35)28(25)26(27)18-10-20(33)29(23(11-18)36-5)37-16-17-8-6-7-9-19(17)32/h6-11,26H,12-16H2,1-5H3. The zero-order valence-corrected chi connectivity index (χ0v) is 25.3. The minimum atomic E-state index is -0.485. The third-order valence-corrected chi connectivity index (χ3v) is 8.67. The number of carbonyl (C=O) groups is 2. The summed E-state index contributed by atoms with van der Waals surface area (Å²) in [7, 11) is 1.60. The van der Waals surface area contributed by atoms with Crippen molar-refractivity contribution in [1.82, 2.24) is 0 Å². The second-order valence-electron chi connectivity index (χ2n) is 12.0. The summed E-state index contributed by atoms with van der Waals surface area (Å²) in [4.78, 5) is 27.2. The predicted octanol–water partition coefficient (Wildman–Crippen LogP) is 7.93. The van der Waals surface area contributed by atoms with Crippen LogP contribution in [0.4, 0.5) is 0 Å². The van der Waals surface area contributed by atoms with E-state index in [0.29, 0.717) is 64.9 Å². The average molecular weight is 647 g/mol. The van der Waals surface area contributed by atoms with Crippen LogP contribution in [0, 0.1) is 14.4 Å². The molecule has 0 atom stereocenters. The zero-order chi connectivity index (χ0) is 27.4. The first-order valence-electron chi connectivity index (χ1n) is 12.8. The molecule has 5 rings (SSSR count).